The van der Waals surface area contributed by atoms with Crippen molar-refractivity contribution in [3.8, 4) is 11.4 Å². The van der Waals surface area contributed by atoms with Crippen molar-refractivity contribution >= 4 is 28.3 Å². The van der Waals surface area contributed by atoms with Crippen LogP contribution in [0.1, 0.15) is 25.5 Å². The van der Waals surface area contributed by atoms with Gasteiger partial charge in [-0.2, -0.15) is 9.61 Å². The lowest BCUT2D eigenvalue weighted by atomic mass is 10.2. The smallest absolute Gasteiger partial charge is 0.160 e. The molecule has 31 heavy (non-hydrogen) atoms. The summed E-state index contributed by atoms with van der Waals surface area (Å²) in [7, 11) is 0. The lowest BCUT2D eigenvalue weighted by Gasteiger charge is -2.18. The third-order valence-electron chi connectivity index (χ3n) is 5.47. The Morgan fingerprint density at radius 1 is 1.10 bits per heavy atom. The fourth-order valence-corrected chi connectivity index (χ4v) is 3.92. The molecule has 2 N–H and O–H groups in total. The number of hydrogen-bond acceptors (Lipinski definition) is 7. The number of halogens is 1. The SMILES string of the molecule is Cc1nc2ccc(F)cc2nc1-c1cc2nc(N3CCCC3)cc(NC[C@@H](C)O)n2n1. The second-order valence-corrected chi connectivity index (χ2v) is 8.01. The first kappa shape index (κ1) is 19.6. The van der Waals surface area contributed by atoms with Gasteiger partial charge in [0.15, 0.2) is 5.65 Å². The minimum absolute atomic E-state index is 0.354. The first-order valence-electron chi connectivity index (χ1n) is 10.5. The Morgan fingerprint density at radius 2 is 1.90 bits per heavy atom. The number of hydrogen-bond donors (Lipinski definition) is 2. The molecule has 1 aliphatic heterocycles. The molecule has 4 aromatic rings. The van der Waals surface area contributed by atoms with Crippen molar-refractivity contribution in [1.82, 2.24) is 24.6 Å². The zero-order valence-electron chi connectivity index (χ0n) is 17.5. The number of aryl methyl sites for hydroxylation is 1. The van der Waals surface area contributed by atoms with Gasteiger partial charge in [0.1, 0.15) is 28.8 Å². The van der Waals surface area contributed by atoms with Crippen LogP contribution in [0.4, 0.5) is 16.0 Å². The number of aromatic nitrogens is 5. The summed E-state index contributed by atoms with van der Waals surface area (Å²) in [4.78, 5) is 16.3. The molecule has 5 rings (SSSR count). The summed E-state index contributed by atoms with van der Waals surface area (Å²) in [6, 6.07) is 8.21. The Morgan fingerprint density at radius 3 is 2.68 bits per heavy atom. The summed E-state index contributed by atoms with van der Waals surface area (Å²) in [6.07, 6.45) is 1.80. The van der Waals surface area contributed by atoms with E-state index < -0.39 is 6.10 Å². The highest BCUT2D eigenvalue weighted by molar-refractivity contribution is 5.78. The molecule has 0 radical (unpaired) electrons. The molecule has 9 heteroatoms. The van der Waals surface area contributed by atoms with Crippen molar-refractivity contribution in [3.05, 3.63) is 41.8 Å². The van der Waals surface area contributed by atoms with Crippen LogP contribution >= 0.6 is 0 Å². The Balaban J connectivity index is 1.64. The molecule has 160 valence electrons. The predicted molar refractivity (Wildman–Crippen MR) is 118 cm³/mol. The molecule has 8 nitrogen and oxygen atoms in total. The van der Waals surface area contributed by atoms with E-state index in [1.807, 2.05) is 19.1 Å². The highest BCUT2D eigenvalue weighted by Gasteiger charge is 2.19. The quantitative estimate of drug-likeness (QED) is 0.511. The van der Waals surface area contributed by atoms with Gasteiger partial charge in [0.2, 0.25) is 0 Å². The van der Waals surface area contributed by atoms with Crippen LogP contribution in [-0.4, -0.2) is 55.4 Å². The average molecular weight is 421 g/mol. The maximum Gasteiger partial charge on any atom is 0.160 e. The minimum atomic E-state index is -0.503. The molecule has 0 aliphatic carbocycles. The maximum atomic E-state index is 13.7. The number of fused-ring (bicyclic) bond motifs is 2. The molecule has 4 heterocycles. The van der Waals surface area contributed by atoms with Crippen LogP contribution in [0.5, 0.6) is 0 Å². The van der Waals surface area contributed by atoms with Gasteiger partial charge in [0.05, 0.1) is 22.8 Å². The van der Waals surface area contributed by atoms with Gasteiger partial charge in [0.25, 0.3) is 0 Å². The molecular weight excluding hydrogens is 397 g/mol. The van der Waals surface area contributed by atoms with E-state index in [1.165, 1.54) is 12.1 Å². The van der Waals surface area contributed by atoms with Gasteiger partial charge in [0, 0.05) is 37.8 Å². The first-order valence-corrected chi connectivity index (χ1v) is 10.5. The second-order valence-electron chi connectivity index (χ2n) is 8.01. The normalized spacial score (nSPS) is 15.2. The summed E-state index contributed by atoms with van der Waals surface area (Å²) >= 11 is 0. The molecule has 0 amide bonds. The van der Waals surface area contributed by atoms with Crippen LogP contribution in [0.15, 0.2) is 30.3 Å². The predicted octanol–water partition coefficient (Wildman–Crippen LogP) is 3.18. The van der Waals surface area contributed by atoms with E-state index in [2.05, 4.69) is 20.2 Å². The van der Waals surface area contributed by atoms with Crippen LogP contribution in [-0.2, 0) is 0 Å². The highest BCUT2D eigenvalue weighted by Crippen LogP contribution is 2.27. The Kier molecular flexibility index (Phi) is 4.90. The van der Waals surface area contributed by atoms with Gasteiger partial charge in [-0.3, -0.25) is 0 Å². The van der Waals surface area contributed by atoms with Gasteiger partial charge in [-0.25, -0.2) is 19.3 Å². The van der Waals surface area contributed by atoms with Gasteiger partial charge < -0.3 is 15.3 Å². The topological polar surface area (TPSA) is 91.5 Å². The second kappa shape index (κ2) is 7.73. The molecule has 3 aromatic heterocycles. The van der Waals surface area contributed by atoms with E-state index in [-0.39, 0.29) is 5.82 Å². The number of aliphatic hydroxyl groups excluding tert-OH is 1. The summed E-state index contributed by atoms with van der Waals surface area (Å²) in [5.74, 6) is 1.28. The fraction of sp³-hybridized carbons (Fsp3) is 0.364. The maximum absolute atomic E-state index is 13.7. The van der Waals surface area contributed by atoms with Crippen molar-refractivity contribution in [3.63, 3.8) is 0 Å². The molecule has 0 bridgehead atoms. The lowest BCUT2D eigenvalue weighted by molar-refractivity contribution is 0.208. The van der Waals surface area contributed by atoms with Crippen molar-refractivity contribution in [2.45, 2.75) is 32.8 Å². The van der Waals surface area contributed by atoms with Crippen molar-refractivity contribution in [1.29, 1.82) is 0 Å². The largest absolute Gasteiger partial charge is 0.392 e. The molecular formula is C22H24FN7O. The van der Waals surface area contributed by atoms with Gasteiger partial charge >= 0.3 is 0 Å². The van der Waals surface area contributed by atoms with E-state index in [4.69, 9.17) is 10.1 Å². The van der Waals surface area contributed by atoms with E-state index in [9.17, 15) is 9.50 Å². The van der Waals surface area contributed by atoms with Gasteiger partial charge in [-0.05, 0) is 38.8 Å². The third-order valence-corrected chi connectivity index (χ3v) is 5.47. The number of rotatable bonds is 5. The highest BCUT2D eigenvalue weighted by atomic mass is 19.1. The zero-order chi connectivity index (χ0) is 21.5. The van der Waals surface area contributed by atoms with E-state index in [1.54, 1.807) is 17.5 Å². The third kappa shape index (κ3) is 3.76. The summed E-state index contributed by atoms with van der Waals surface area (Å²) in [6.45, 7) is 5.93. The number of benzene rings is 1. The average Bonchev–Trinajstić information content (AvgIpc) is 3.41. The fourth-order valence-electron chi connectivity index (χ4n) is 3.92. The van der Waals surface area contributed by atoms with Crippen LogP contribution in [0, 0.1) is 12.7 Å². The minimum Gasteiger partial charge on any atom is -0.392 e. The standard InChI is InChI=1S/C22H24FN7O/c1-13(31)12-24-19-11-20(29-7-3-4-8-29)27-21-10-18(28-30(19)21)22-14(2)25-16-6-5-15(23)9-17(16)26-22/h5-6,9-11,13,24,31H,3-4,7-8,12H2,1-2H3/t13-/m1/s1. The number of anilines is 2. The Hall–Kier alpha value is -3.33. The number of nitrogens with zero attached hydrogens (tertiary/aromatic N) is 6. The van der Waals surface area contributed by atoms with Crippen LogP contribution in [0.25, 0.3) is 28.1 Å². The Bertz CT molecular complexity index is 1260. The van der Waals surface area contributed by atoms with Crippen LogP contribution in [0.2, 0.25) is 0 Å². The monoisotopic (exact) mass is 421 g/mol. The molecule has 1 atom stereocenters. The summed E-state index contributed by atoms with van der Waals surface area (Å²) < 4.78 is 15.4. The van der Waals surface area contributed by atoms with Crippen molar-refractivity contribution < 1.29 is 9.50 Å². The van der Waals surface area contributed by atoms with Gasteiger partial charge in [-0.1, -0.05) is 0 Å². The van der Waals surface area contributed by atoms with E-state index in [0.717, 1.165) is 37.6 Å². The number of aliphatic hydroxyl groups is 1. The molecule has 1 fully saturated rings. The van der Waals surface area contributed by atoms with E-state index in [0.29, 0.717) is 40.3 Å². The first-order chi connectivity index (χ1) is 15.0. The molecule has 1 aliphatic rings. The van der Waals surface area contributed by atoms with E-state index >= 15 is 0 Å². The zero-order valence-corrected chi connectivity index (χ0v) is 17.5. The molecule has 0 saturated carbocycles. The number of nitrogens with one attached hydrogen (secondary N) is 1. The van der Waals surface area contributed by atoms with Crippen LogP contribution < -0.4 is 10.2 Å². The van der Waals surface area contributed by atoms with Crippen LogP contribution in [0.3, 0.4) is 0 Å². The lowest BCUT2D eigenvalue weighted by Crippen LogP contribution is -2.21. The molecule has 0 spiro atoms. The van der Waals surface area contributed by atoms with Crippen molar-refractivity contribution in [2.24, 2.45) is 0 Å². The molecule has 1 aromatic carbocycles. The summed E-state index contributed by atoms with van der Waals surface area (Å²) in [5, 5.41) is 17.7. The molecule has 0 unspecified atom stereocenters. The summed E-state index contributed by atoms with van der Waals surface area (Å²) in [5.41, 5.74) is 3.71. The van der Waals surface area contributed by atoms with Crippen molar-refractivity contribution in [2.75, 3.05) is 29.9 Å². The molecule has 1 saturated heterocycles. The van der Waals surface area contributed by atoms with Gasteiger partial charge in [-0.15, -0.1) is 0 Å². The Labute approximate surface area is 178 Å².